The van der Waals surface area contributed by atoms with Gasteiger partial charge in [0.05, 0.1) is 0 Å². The minimum atomic E-state index is 0.178. The summed E-state index contributed by atoms with van der Waals surface area (Å²) >= 11 is 0. The Balaban J connectivity index is 2.59. The van der Waals surface area contributed by atoms with Crippen molar-refractivity contribution in [2.45, 2.75) is 66.2 Å². The van der Waals surface area contributed by atoms with E-state index in [1.54, 1.807) is 0 Å². The topological polar surface area (TPSA) is 0 Å². The Labute approximate surface area is 136 Å². The molecule has 0 unspecified atom stereocenters. The van der Waals surface area contributed by atoms with Crippen LogP contribution in [0.15, 0.2) is 36.4 Å². The molecule has 0 nitrogen and oxygen atoms in total. The zero-order valence-electron chi connectivity index (χ0n) is 15.5. The molecule has 2 rings (SSSR count). The number of hydrogen-bond acceptors (Lipinski definition) is 0. The molecule has 0 fully saturated rings. The van der Waals surface area contributed by atoms with Gasteiger partial charge in [0.1, 0.15) is 0 Å². The van der Waals surface area contributed by atoms with Crippen molar-refractivity contribution in [3.8, 4) is 11.1 Å². The van der Waals surface area contributed by atoms with Gasteiger partial charge in [-0.3, -0.25) is 0 Å². The quantitative estimate of drug-likeness (QED) is 0.558. The second-order valence-corrected chi connectivity index (χ2v) is 8.56. The number of aryl methyl sites for hydroxylation is 2. The molecule has 0 heteroatoms. The minimum Gasteiger partial charge on any atom is -0.0584 e. The van der Waals surface area contributed by atoms with Gasteiger partial charge < -0.3 is 0 Å². The Morgan fingerprint density at radius 2 is 0.864 bits per heavy atom. The average Bonchev–Trinajstić information content (AvgIpc) is 2.37. The summed E-state index contributed by atoms with van der Waals surface area (Å²) in [5.41, 5.74) is 8.61. The maximum Gasteiger partial charge on any atom is -0.0129 e. The first kappa shape index (κ1) is 16.8. The molecule has 22 heavy (non-hydrogen) atoms. The van der Waals surface area contributed by atoms with Crippen molar-refractivity contribution < 1.29 is 0 Å². The monoisotopic (exact) mass is 294 g/mol. The SMILES string of the molecule is Cc1ccc(-c2ccc(C)c(C(C)(C)C)c2)cc1C(C)(C)C. The van der Waals surface area contributed by atoms with E-state index in [2.05, 4.69) is 91.8 Å². The molecule has 0 aliphatic carbocycles. The molecular formula is C22H30. The van der Waals surface area contributed by atoms with Crippen LogP contribution in [0.25, 0.3) is 11.1 Å². The fourth-order valence-corrected chi connectivity index (χ4v) is 3.22. The molecule has 118 valence electrons. The number of hydrogen-bond donors (Lipinski definition) is 0. The summed E-state index contributed by atoms with van der Waals surface area (Å²) in [7, 11) is 0. The molecule has 0 saturated carbocycles. The van der Waals surface area contributed by atoms with Crippen molar-refractivity contribution in [3.05, 3.63) is 58.7 Å². The lowest BCUT2D eigenvalue weighted by Gasteiger charge is -2.24. The maximum atomic E-state index is 2.37. The fraction of sp³-hybridized carbons (Fsp3) is 0.455. The Morgan fingerprint density at radius 3 is 1.14 bits per heavy atom. The van der Waals surface area contributed by atoms with E-state index < -0.39 is 0 Å². The predicted molar refractivity (Wildman–Crippen MR) is 98.8 cm³/mol. The van der Waals surface area contributed by atoms with Crippen LogP contribution < -0.4 is 0 Å². The summed E-state index contributed by atoms with van der Waals surface area (Å²) in [4.78, 5) is 0. The van der Waals surface area contributed by atoms with Crippen LogP contribution in [0.4, 0.5) is 0 Å². The van der Waals surface area contributed by atoms with Gasteiger partial charge in [-0.05, 0) is 58.1 Å². The molecule has 0 radical (unpaired) electrons. The maximum absolute atomic E-state index is 2.37. The normalized spacial score (nSPS) is 12.5. The van der Waals surface area contributed by atoms with Gasteiger partial charge in [-0.1, -0.05) is 77.9 Å². The van der Waals surface area contributed by atoms with Gasteiger partial charge in [-0.25, -0.2) is 0 Å². The van der Waals surface area contributed by atoms with Crippen molar-refractivity contribution in [1.29, 1.82) is 0 Å². The van der Waals surface area contributed by atoms with Crippen molar-refractivity contribution in [2.75, 3.05) is 0 Å². The van der Waals surface area contributed by atoms with Gasteiger partial charge >= 0.3 is 0 Å². The van der Waals surface area contributed by atoms with Gasteiger partial charge in [0.25, 0.3) is 0 Å². The fourth-order valence-electron chi connectivity index (χ4n) is 3.22. The van der Waals surface area contributed by atoms with E-state index >= 15 is 0 Å². The lowest BCUT2D eigenvalue weighted by Crippen LogP contribution is -2.14. The van der Waals surface area contributed by atoms with Gasteiger partial charge in [0, 0.05) is 0 Å². The third kappa shape index (κ3) is 3.43. The summed E-state index contributed by atoms with van der Waals surface area (Å²) in [6, 6.07) is 13.8. The predicted octanol–water partition coefficient (Wildman–Crippen LogP) is 6.57. The highest BCUT2D eigenvalue weighted by atomic mass is 14.2. The highest BCUT2D eigenvalue weighted by molar-refractivity contribution is 5.67. The van der Waals surface area contributed by atoms with Crippen LogP contribution in [0.2, 0.25) is 0 Å². The Hall–Kier alpha value is -1.56. The van der Waals surface area contributed by atoms with Crippen molar-refractivity contribution in [3.63, 3.8) is 0 Å². The standard InChI is InChI=1S/C22H30/c1-15-9-11-17(13-19(15)21(3,4)5)18-12-10-16(2)20(14-18)22(6,7)8/h9-14H,1-8H3. The van der Waals surface area contributed by atoms with E-state index in [0.29, 0.717) is 0 Å². The first-order valence-electron chi connectivity index (χ1n) is 8.23. The zero-order valence-corrected chi connectivity index (χ0v) is 15.5. The summed E-state index contributed by atoms with van der Waals surface area (Å²) in [6.45, 7) is 18.1. The molecule has 0 N–H and O–H groups in total. The lowest BCUT2D eigenvalue weighted by atomic mass is 9.80. The number of benzene rings is 2. The van der Waals surface area contributed by atoms with Gasteiger partial charge in [-0.2, -0.15) is 0 Å². The summed E-state index contributed by atoms with van der Waals surface area (Å²) in [6.07, 6.45) is 0. The van der Waals surface area contributed by atoms with Crippen LogP contribution in [0.3, 0.4) is 0 Å². The largest absolute Gasteiger partial charge is 0.0584 e. The molecule has 0 amide bonds. The van der Waals surface area contributed by atoms with E-state index in [0.717, 1.165) is 0 Å². The second-order valence-electron chi connectivity index (χ2n) is 8.56. The highest BCUT2D eigenvalue weighted by Crippen LogP contribution is 2.33. The molecule has 0 aliphatic heterocycles. The molecule has 0 spiro atoms. The molecule has 0 aliphatic rings. The van der Waals surface area contributed by atoms with E-state index in [9.17, 15) is 0 Å². The van der Waals surface area contributed by atoms with Crippen molar-refractivity contribution in [2.24, 2.45) is 0 Å². The summed E-state index contributed by atoms with van der Waals surface area (Å²) in [5.74, 6) is 0. The van der Waals surface area contributed by atoms with Crippen molar-refractivity contribution in [1.82, 2.24) is 0 Å². The van der Waals surface area contributed by atoms with Crippen molar-refractivity contribution >= 4 is 0 Å². The molecule has 0 heterocycles. The third-order valence-corrected chi connectivity index (χ3v) is 4.42. The van der Waals surface area contributed by atoms with E-state index in [4.69, 9.17) is 0 Å². The lowest BCUT2D eigenvalue weighted by molar-refractivity contribution is 0.585. The minimum absolute atomic E-state index is 0.178. The van der Waals surface area contributed by atoms with E-state index in [1.165, 1.54) is 33.4 Å². The Bertz CT molecular complexity index is 615. The van der Waals surface area contributed by atoms with Crippen LogP contribution in [0.5, 0.6) is 0 Å². The molecule has 2 aromatic rings. The highest BCUT2D eigenvalue weighted by Gasteiger charge is 2.19. The molecule has 0 saturated heterocycles. The van der Waals surface area contributed by atoms with E-state index in [1.807, 2.05) is 0 Å². The van der Waals surface area contributed by atoms with Gasteiger partial charge in [0.2, 0.25) is 0 Å². The average molecular weight is 294 g/mol. The smallest absolute Gasteiger partial charge is 0.0129 e. The van der Waals surface area contributed by atoms with Crippen LogP contribution in [0.1, 0.15) is 63.8 Å². The summed E-state index contributed by atoms with van der Waals surface area (Å²) in [5, 5.41) is 0. The Kier molecular flexibility index (Phi) is 4.26. The second kappa shape index (κ2) is 5.57. The van der Waals surface area contributed by atoms with Crippen LogP contribution in [-0.4, -0.2) is 0 Å². The first-order valence-corrected chi connectivity index (χ1v) is 8.23. The van der Waals surface area contributed by atoms with Gasteiger partial charge in [-0.15, -0.1) is 0 Å². The Morgan fingerprint density at radius 1 is 0.545 bits per heavy atom. The summed E-state index contributed by atoms with van der Waals surface area (Å²) < 4.78 is 0. The molecular weight excluding hydrogens is 264 g/mol. The van der Waals surface area contributed by atoms with Gasteiger partial charge in [0.15, 0.2) is 0 Å². The van der Waals surface area contributed by atoms with Crippen LogP contribution >= 0.6 is 0 Å². The molecule has 0 aromatic heterocycles. The number of rotatable bonds is 1. The third-order valence-electron chi connectivity index (χ3n) is 4.42. The molecule has 0 atom stereocenters. The zero-order chi connectivity index (χ0) is 16.7. The molecule has 2 aromatic carbocycles. The van der Waals surface area contributed by atoms with Crippen LogP contribution in [-0.2, 0) is 10.8 Å². The first-order chi connectivity index (χ1) is 10.00. The van der Waals surface area contributed by atoms with E-state index in [-0.39, 0.29) is 10.8 Å². The molecule has 0 bridgehead atoms. The van der Waals surface area contributed by atoms with Crippen LogP contribution in [0, 0.1) is 13.8 Å².